The second kappa shape index (κ2) is 3.83. The van der Waals surface area contributed by atoms with Crippen LogP contribution in [0, 0.1) is 0 Å². The Morgan fingerprint density at radius 2 is 2.06 bits per heavy atom. The maximum absolute atomic E-state index is 5.68. The van der Waals surface area contributed by atoms with Crippen molar-refractivity contribution in [2.45, 2.75) is 49.5 Å². The van der Waals surface area contributed by atoms with E-state index in [0.717, 1.165) is 31.4 Å². The number of hydrogen-bond acceptors (Lipinski definition) is 5. The third kappa shape index (κ3) is 1.44. The first-order valence-electron chi connectivity index (χ1n) is 6.53. The molecule has 0 amide bonds. The summed E-state index contributed by atoms with van der Waals surface area (Å²) in [6, 6.07) is 6.16. The minimum Gasteiger partial charge on any atom is -0.258 e. The van der Waals surface area contributed by atoms with Gasteiger partial charge < -0.3 is 0 Å². The molecule has 1 aliphatic carbocycles. The Bertz CT molecular complexity index is 468. The van der Waals surface area contributed by atoms with Crippen LogP contribution in [0.2, 0.25) is 0 Å². The van der Waals surface area contributed by atoms with Gasteiger partial charge in [0.15, 0.2) is 6.10 Å². The standard InChI is InChI=1S/C13H15N3O2/c1-2-8-14-10(3-1)11-12-13(18-17-11)6-4-9(5-7-13)15-16-12/h1-3,8-9,11-12H,4-7H2. The average molecular weight is 245 g/mol. The SMILES string of the molecule is c1ccc(C2OOC34CCC(CC3)N=NC24)nc1. The molecule has 5 nitrogen and oxygen atoms in total. The largest absolute Gasteiger partial charge is 0.258 e. The van der Waals surface area contributed by atoms with Crippen molar-refractivity contribution in [3.8, 4) is 0 Å². The normalized spacial score (nSPS) is 41.7. The highest BCUT2D eigenvalue weighted by Crippen LogP contribution is 2.50. The van der Waals surface area contributed by atoms with Gasteiger partial charge in [-0.15, -0.1) is 0 Å². The van der Waals surface area contributed by atoms with Gasteiger partial charge in [0.2, 0.25) is 0 Å². The molecule has 0 aromatic carbocycles. The highest BCUT2D eigenvalue weighted by atomic mass is 17.2. The van der Waals surface area contributed by atoms with Crippen LogP contribution >= 0.6 is 0 Å². The molecule has 5 heteroatoms. The van der Waals surface area contributed by atoms with E-state index in [1.54, 1.807) is 6.20 Å². The molecule has 2 bridgehead atoms. The molecule has 0 N–H and O–H groups in total. The predicted molar refractivity (Wildman–Crippen MR) is 62.8 cm³/mol. The van der Waals surface area contributed by atoms with Crippen molar-refractivity contribution < 1.29 is 9.78 Å². The summed E-state index contributed by atoms with van der Waals surface area (Å²) < 4.78 is 0. The van der Waals surface area contributed by atoms with Crippen molar-refractivity contribution in [3.05, 3.63) is 30.1 Å². The van der Waals surface area contributed by atoms with Crippen LogP contribution in [0.5, 0.6) is 0 Å². The van der Waals surface area contributed by atoms with Gasteiger partial charge in [0.05, 0.1) is 11.7 Å². The first-order chi connectivity index (χ1) is 8.87. The highest BCUT2D eigenvalue weighted by molar-refractivity contribution is 5.15. The summed E-state index contributed by atoms with van der Waals surface area (Å²) in [5.41, 5.74) is 0.613. The molecule has 1 saturated heterocycles. The van der Waals surface area contributed by atoms with Crippen LogP contribution < -0.4 is 0 Å². The van der Waals surface area contributed by atoms with E-state index in [0.29, 0.717) is 6.04 Å². The molecule has 18 heavy (non-hydrogen) atoms. The lowest BCUT2D eigenvalue weighted by Crippen LogP contribution is -2.41. The van der Waals surface area contributed by atoms with Gasteiger partial charge >= 0.3 is 0 Å². The molecule has 2 fully saturated rings. The number of fused-ring (bicyclic) bond motifs is 2. The second-order valence-corrected chi connectivity index (χ2v) is 5.33. The second-order valence-electron chi connectivity index (χ2n) is 5.33. The summed E-state index contributed by atoms with van der Waals surface area (Å²) in [5, 5.41) is 8.93. The van der Waals surface area contributed by atoms with E-state index in [9.17, 15) is 0 Å². The van der Waals surface area contributed by atoms with Gasteiger partial charge in [0, 0.05) is 6.20 Å². The molecule has 2 atom stereocenters. The Hall–Kier alpha value is -1.33. The molecule has 94 valence electrons. The maximum atomic E-state index is 5.68. The molecule has 1 aromatic rings. The van der Waals surface area contributed by atoms with Gasteiger partial charge in [-0.1, -0.05) is 6.07 Å². The molecule has 2 unspecified atom stereocenters. The van der Waals surface area contributed by atoms with Gasteiger partial charge in [0.25, 0.3) is 0 Å². The Morgan fingerprint density at radius 3 is 2.83 bits per heavy atom. The minimum absolute atomic E-state index is 0.0418. The lowest BCUT2D eigenvalue weighted by molar-refractivity contribution is -0.333. The number of azo groups is 1. The fourth-order valence-corrected chi connectivity index (χ4v) is 3.20. The molecule has 3 aliphatic heterocycles. The number of nitrogens with zero attached hydrogens (tertiary/aromatic N) is 3. The number of hydrogen-bond donors (Lipinski definition) is 0. The van der Waals surface area contributed by atoms with E-state index in [2.05, 4.69) is 15.2 Å². The third-order valence-corrected chi connectivity index (χ3v) is 4.28. The first-order valence-corrected chi connectivity index (χ1v) is 6.53. The molecule has 1 aromatic heterocycles. The maximum Gasteiger partial charge on any atom is 0.162 e. The van der Waals surface area contributed by atoms with Crippen molar-refractivity contribution >= 4 is 0 Å². The molecule has 1 spiro atoms. The molecular formula is C13H15N3O2. The van der Waals surface area contributed by atoms with Gasteiger partial charge in [-0.05, 0) is 37.8 Å². The van der Waals surface area contributed by atoms with E-state index in [1.165, 1.54) is 0 Å². The van der Waals surface area contributed by atoms with Gasteiger partial charge in [-0.3, -0.25) is 4.98 Å². The quantitative estimate of drug-likeness (QED) is 0.714. The Kier molecular flexibility index (Phi) is 2.25. The van der Waals surface area contributed by atoms with Crippen LogP contribution in [0.1, 0.15) is 37.5 Å². The van der Waals surface area contributed by atoms with Crippen molar-refractivity contribution in [2.24, 2.45) is 10.2 Å². The van der Waals surface area contributed by atoms with Crippen molar-refractivity contribution in [3.63, 3.8) is 0 Å². The Morgan fingerprint density at radius 1 is 1.17 bits per heavy atom. The molecule has 0 radical (unpaired) electrons. The highest BCUT2D eigenvalue weighted by Gasteiger charge is 2.56. The number of rotatable bonds is 1. The van der Waals surface area contributed by atoms with Gasteiger partial charge in [-0.2, -0.15) is 10.2 Å². The van der Waals surface area contributed by atoms with Crippen molar-refractivity contribution in [1.29, 1.82) is 0 Å². The lowest BCUT2D eigenvalue weighted by atomic mass is 9.77. The van der Waals surface area contributed by atoms with E-state index >= 15 is 0 Å². The zero-order valence-corrected chi connectivity index (χ0v) is 10.0. The van der Waals surface area contributed by atoms with Gasteiger partial charge in [-0.25, -0.2) is 9.78 Å². The molecule has 1 saturated carbocycles. The van der Waals surface area contributed by atoms with Crippen LogP contribution in [0.25, 0.3) is 0 Å². The summed E-state index contributed by atoms with van der Waals surface area (Å²) >= 11 is 0. The number of pyridine rings is 1. The summed E-state index contributed by atoms with van der Waals surface area (Å²) in [7, 11) is 0. The topological polar surface area (TPSA) is 56.1 Å². The van der Waals surface area contributed by atoms with Crippen LogP contribution in [0.4, 0.5) is 0 Å². The first kappa shape index (κ1) is 10.6. The predicted octanol–water partition coefficient (Wildman–Crippen LogP) is 2.60. The van der Waals surface area contributed by atoms with E-state index in [-0.39, 0.29) is 17.7 Å². The molecule has 4 aliphatic rings. The zero-order chi connectivity index (χ0) is 12.0. The van der Waals surface area contributed by atoms with E-state index in [4.69, 9.17) is 9.78 Å². The Balaban J connectivity index is 1.72. The van der Waals surface area contributed by atoms with Crippen LogP contribution in [0.3, 0.4) is 0 Å². The summed E-state index contributed by atoms with van der Waals surface area (Å²) in [5.74, 6) is 0. The molecular weight excluding hydrogens is 230 g/mol. The number of aromatic nitrogens is 1. The van der Waals surface area contributed by atoms with Crippen molar-refractivity contribution in [1.82, 2.24) is 4.98 Å². The van der Waals surface area contributed by atoms with E-state index < -0.39 is 0 Å². The fourth-order valence-electron chi connectivity index (χ4n) is 3.20. The van der Waals surface area contributed by atoms with Crippen molar-refractivity contribution in [2.75, 3.05) is 0 Å². The van der Waals surface area contributed by atoms with E-state index in [1.807, 2.05) is 18.2 Å². The Labute approximate surface area is 105 Å². The summed E-state index contributed by atoms with van der Waals surface area (Å²) in [6.45, 7) is 0. The molecule has 5 rings (SSSR count). The minimum atomic E-state index is -0.265. The van der Waals surface area contributed by atoms with Crippen LogP contribution in [0.15, 0.2) is 34.6 Å². The third-order valence-electron chi connectivity index (χ3n) is 4.28. The summed E-state index contributed by atoms with van der Waals surface area (Å²) in [4.78, 5) is 15.6. The summed E-state index contributed by atoms with van der Waals surface area (Å²) in [6.07, 6.45) is 5.63. The average Bonchev–Trinajstić information content (AvgIpc) is 2.59. The zero-order valence-electron chi connectivity index (χ0n) is 10.0. The molecule has 4 heterocycles. The van der Waals surface area contributed by atoms with Crippen LogP contribution in [-0.4, -0.2) is 22.7 Å². The van der Waals surface area contributed by atoms with Gasteiger partial charge in [0.1, 0.15) is 11.6 Å². The monoisotopic (exact) mass is 245 g/mol. The fraction of sp³-hybridized carbons (Fsp3) is 0.615. The van der Waals surface area contributed by atoms with Crippen LogP contribution in [-0.2, 0) is 9.78 Å². The lowest BCUT2D eigenvalue weighted by Gasteiger charge is -2.31. The smallest absolute Gasteiger partial charge is 0.162 e.